The van der Waals surface area contributed by atoms with E-state index in [0.717, 1.165) is 35.2 Å². The van der Waals surface area contributed by atoms with E-state index in [2.05, 4.69) is 5.32 Å². The Kier molecular flexibility index (Phi) is 4.50. The molecule has 1 aromatic heterocycles. The van der Waals surface area contributed by atoms with Gasteiger partial charge in [0.25, 0.3) is 0 Å². The molecule has 2 heterocycles. The van der Waals surface area contributed by atoms with E-state index in [4.69, 9.17) is 19.6 Å². The molecule has 30 heavy (non-hydrogen) atoms. The predicted octanol–water partition coefficient (Wildman–Crippen LogP) is 3.98. The number of ether oxygens (including phenoxy) is 2. The summed E-state index contributed by atoms with van der Waals surface area (Å²) < 4.78 is 12.7. The van der Waals surface area contributed by atoms with Gasteiger partial charge in [-0.2, -0.15) is 4.98 Å². The number of ketones is 1. The maximum atomic E-state index is 13.0. The van der Waals surface area contributed by atoms with Crippen molar-refractivity contribution in [3.63, 3.8) is 0 Å². The standard InChI is InChI=1S/C23H22N4O3/c1-29-18-12-11-15(13-19(18)30-2)21-20-16(9-6-10-17(20)28)24-23-25-22(26-27(21)23)14-7-4-3-5-8-14/h3-5,7-8,11-13,21H,6,9-10H2,1-2H3,(H,24,25,26). The Morgan fingerprint density at radius 1 is 1.03 bits per heavy atom. The van der Waals surface area contributed by atoms with Crippen LogP contribution in [0.15, 0.2) is 59.8 Å². The van der Waals surface area contributed by atoms with Crippen LogP contribution in [0.3, 0.4) is 0 Å². The minimum Gasteiger partial charge on any atom is -0.493 e. The highest BCUT2D eigenvalue weighted by atomic mass is 16.5. The summed E-state index contributed by atoms with van der Waals surface area (Å²) >= 11 is 0. The van der Waals surface area contributed by atoms with Crippen LogP contribution in [0.1, 0.15) is 30.9 Å². The van der Waals surface area contributed by atoms with E-state index in [1.54, 1.807) is 14.2 Å². The lowest BCUT2D eigenvalue weighted by Gasteiger charge is -2.32. The summed E-state index contributed by atoms with van der Waals surface area (Å²) in [4.78, 5) is 17.7. The molecule has 5 rings (SSSR count). The number of allylic oxidation sites excluding steroid dienone is 2. The molecule has 2 aromatic carbocycles. The minimum atomic E-state index is -0.367. The van der Waals surface area contributed by atoms with Crippen molar-refractivity contribution >= 4 is 11.7 Å². The molecule has 1 atom stereocenters. The van der Waals surface area contributed by atoms with Gasteiger partial charge in [0, 0.05) is 23.3 Å². The zero-order valence-corrected chi connectivity index (χ0v) is 16.9. The van der Waals surface area contributed by atoms with Crippen LogP contribution in [0, 0.1) is 0 Å². The number of hydrogen-bond acceptors (Lipinski definition) is 6. The fraction of sp³-hybridized carbons (Fsp3) is 0.261. The molecule has 0 bridgehead atoms. The molecule has 0 radical (unpaired) electrons. The van der Waals surface area contributed by atoms with Gasteiger partial charge < -0.3 is 14.8 Å². The molecule has 3 aromatic rings. The van der Waals surface area contributed by atoms with Gasteiger partial charge >= 0.3 is 0 Å². The van der Waals surface area contributed by atoms with Crippen LogP contribution in [0.5, 0.6) is 11.5 Å². The lowest BCUT2D eigenvalue weighted by molar-refractivity contribution is -0.116. The molecular formula is C23H22N4O3. The van der Waals surface area contributed by atoms with E-state index in [9.17, 15) is 4.79 Å². The van der Waals surface area contributed by atoms with Crippen LogP contribution < -0.4 is 14.8 Å². The van der Waals surface area contributed by atoms with E-state index in [1.807, 2.05) is 53.2 Å². The van der Waals surface area contributed by atoms with Gasteiger partial charge in [0.15, 0.2) is 23.1 Å². The largest absolute Gasteiger partial charge is 0.493 e. The van der Waals surface area contributed by atoms with Gasteiger partial charge in [-0.1, -0.05) is 36.4 Å². The molecule has 152 valence electrons. The Morgan fingerprint density at radius 3 is 2.60 bits per heavy atom. The number of anilines is 1. The first-order valence-corrected chi connectivity index (χ1v) is 9.96. The number of benzene rings is 2. The van der Waals surface area contributed by atoms with E-state index < -0.39 is 0 Å². The third-order valence-corrected chi connectivity index (χ3v) is 5.62. The van der Waals surface area contributed by atoms with Crippen molar-refractivity contribution in [2.45, 2.75) is 25.3 Å². The van der Waals surface area contributed by atoms with Crippen LogP contribution >= 0.6 is 0 Å². The number of fused-ring (bicyclic) bond motifs is 1. The Hall–Kier alpha value is -3.61. The molecule has 0 amide bonds. The SMILES string of the molecule is COc1ccc(C2C3=C(CCCC3=O)Nc3nc(-c4ccccc4)nn32)cc1OC. The van der Waals surface area contributed by atoms with E-state index >= 15 is 0 Å². The van der Waals surface area contributed by atoms with Crippen molar-refractivity contribution < 1.29 is 14.3 Å². The van der Waals surface area contributed by atoms with Crippen molar-refractivity contribution in [1.82, 2.24) is 14.8 Å². The highest BCUT2D eigenvalue weighted by Crippen LogP contribution is 2.42. The third kappa shape index (κ3) is 2.94. The molecule has 1 aliphatic heterocycles. The summed E-state index contributed by atoms with van der Waals surface area (Å²) in [7, 11) is 3.21. The Morgan fingerprint density at radius 2 is 1.83 bits per heavy atom. The third-order valence-electron chi connectivity index (χ3n) is 5.62. The molecule has 1 unspecified atom stereocenters. The van der Waals surface area contributed by atoms with Crippen molar-refractivity contribution in [3.05, 3.63) is 65.4 Å². The smallest absolute Gasteiger partial charge is 0.226 e. The van der Waals surface area contributed by atoms with Gasteiger partial charge in [0.2, 0.25) is 5.95 Å². The molecular weight excluding hydrogens is 380 g/mol. The highest BCUT2D eigenvalue weighted by molar-refractivity contribution is 5.99. The van der Waals surface area contributed by atoms with Crippen molar-refractivity contribution in [1.29, 1.82) is 0 Å². The summed E-state index contributed by atoms with van der Waals surface area (Å²) in [6.45, 7) is 0. The molecule has 0 saturated carbocycles. The van der Waals surface area contributed by atoms with Crippen LogP contribution in [0.2, 0.25) is 0 Å². The maximum Gasteiger partial charge on any atom is 0.226 e. The normalized spacial score (nSPS) is 17.8. The fourth-order valence-electron chi connectivity index (χ4n) is 4.20. The molecule has 0 fully saturated rings. The van der Waals surface area contributed by atoms with Gasteiger partial charge in [-0.3, -0.25) is 4.79 Å². The van der Waals surface area contributed by atoms with E-state index in [0.29, 0.717) is 29.7 Å². The average molecular weight is 402 g/mol. The first-order valence-electron chi connectivity index (χ1n) is 9.96. The molecule has 7 heteroatoms. The number of nitrogens with one attached hydrogen (secondary N) is 1. The summed E-state index contributed by atoms with van der Waals surface area (Å²) in [5.74, 6) is 2.66. The fourth-order valence-corrected chi connectivity index (χ4v) is 4.20. The van der Waals surface area contributed by atoms with Gasteiger partial charge in [-0.25, -0.2) is 4.68 Å². The summed E-state index contributed by atoms with van der Waals surface area (Å²) in [5.41, 5.74) is 3.52. The maximum absolute atomic E-state index is 13.0. The van der Waals surface area contributed by atoms with Crippen LogP contribution in [-0.2, 0) is 4.79 Å². The Balaban J connectivity index is 1.68. The summed E-state index contributed by atoms with van der Waals surface area (Å²) in [5, 5.41) is 8.15. The molecule has 2 aliphatic rings. The summed E-state index contributed by atoms with van der Waals surface area (Å²) in [6.07, 6.45) is 2.20. The average Bonchev–Trinajstić information content (AvgIpc) is 3.22. The van der Waals surface area contributed by atoms with Crippen LogP contribution in [0.4, 0.5) is 5.95 Å². The Bertz CT molecular complexity index is 1150. The van der Waals surface area contributed by atoms with Gasteiger partial charge in [0.1, 0.15) is 6.04 Å². The molecule has 1 aliphatic carbocycles. The highest BCUT2D eigenvalue weighted by Gasteiger charge is 2.37. The lowest BCUT2D eigenvalue weighted by Crippen LogP contribution is -2.31. The lowest BCUT2D eigenvalue weighted by atomic mass is 9.85. The number of hydrogen-bond donors (Lipinski definition) is 1. The molecule has 0 spiro atoms. The number of Topliss-reactive ketones (excluding diaryl/α,β-unsaturated/α-hetero) is 1. The van der Waals surface area contributed by atoms with Gasteiger partial charge in [-0.15, -0.1) is 5.10 Å². The second kappa shape index (κ2) is 7.33. The second-order valence-corrected chi connectivity index (χ2v) is 7.38. The number of carbonyl (C=O) groups excluding carboxylic acids is 1. The number of carbonyl (C=O) groups is 1. The number of rotatable bonds is 4. The van der Waals surface area contributed by atoms with Gasteiger partial charge in [0.05, 0.1) is 14.2 Å². The zero-order chi connectivity index (χ0) is 20.7. The van der Waals surface area contributed by atoms with Crippen LogP contribution in [0.25, 0.3) is 11.4 Å². The number of methoxy groups -OCH3 is 2. The molecule has 7 nitrogen and oxygen atoms in total. The zero-order valence-electron chi connectivity index (χ0n) is 16.9. The van der Waals surface area contributed by atoms with Crippen molar-refractivity contribution in [2.24, 2.45) is 0 Å². The molecule has 1 N–H and O–H groups in total. The first kappa shape index (κ1) is 18.4. The first-order chi connectivity index (χ1) is 14.7. The van der Waals surface area contributed by atoms with Crippen LogP contribution in [-0.4, -0.2) is 34.8 Å². The number of aromatic nitrogens is 3. The summed E-state index contributed by atoms with van der Waals surface area (Å²) in [6, 6.07) is 15.2. The van der Waals surface area contributed by atoms with E-state index in [1.165, 1.54) is 0 Å². The van der Waals surface area contributed by atoms with Crippen molar-refractivity contribution in [3.8, 4) is 22.9 Å². The monoisotopic (exact) mass is 402 g/mol. The quantitative estimate of drug-likeness (QED) is 0.711. The second-order valence-electron chi connectivity index (χ2n) is 7.38. The minimum absolute atomic E-state index is 0.144. The molecule has 0 saturated heterocycles. The predicted molar refractivity (Wildman–Crippen MR) is 113 cm³/mol. The van der Waals surface area contributed by atoms with Crippen molar-refractivity contribution in [2.75, 3.05) is 19.5 Å². The number of nitrogens with zero attached hydrogens (tertiary/aromatic N) is 3. The topological polar surface area (TPSA) is 78.3 Å². The van der Waals surface area contributed by atoms with E-state index in [-0.39, 0.29) is 11.8 Å². The Labute approximate surface area is 174 Å². The van der Waals surface area contributed by atoms with Gasteiger partial charge in [-0.05, 0) is 30.5 Å².